The van der Waals surface area contributed by atoms with Gasteiger partial charge < -0.3 is 10.1 Å². The maximum atomic E-state index is 13.5. The van der Waals surface area contributed by atoms with Crippen molar-refractivity contribution in [1.82, 2.24) is 0 Å². The SMILES string of the molecule is N#CCSc1ccccc1NC(=O)COC(=O)c1ccccc1F. The summed E-state index contributed by atoms with van der Waals surface area (Å²) < 4.78 is 18.3. The van der Waals surface area contributed by atoms with E-state index >= 15 is 0 Å². The van der Waals surface area contributed by atoms with Crippen LogP contribution in [-0.2, 0) is 9.53 Å². The Bertz CT molecular complexity index is 789. The van der Waals surface area contributed by atoms with Crippen molar-refractivity contribution < 1.29 is 18.7 Å². The fraction of sp³-hybridized carbons (Fsp3) is 0.118. The van der Waals surface area contributed by atoms with Gasteiger partial charge in [0, 0.05) is 4.90 Å². The van der Waals surface area contributed by atoms with Crippen molar-refractivity contribution in [3.8, 4) is 6.07 Å². The van der Waals surface area contributed by atoms with Gasteiger partial charge in [0.15, 0.2) is 6.61 Å². The molecule has 5 nitrogen and oxygen atoms in total. The third-order valence-corrected chi connectivity index (χ3v) is 3.82. The molecule has 7 heteroatoms. The van der Waals surface area contributed by atoms with E-state index in [2.05, 4.69) is 5.32 Å². The van der Waals surface area contributed by atoms with Gasteiger partial charge in [0.05, 0.1) is 23.1 Å². The molecule has 1 amide bonds. The number of anilines is 1. The third kappa shape index (κ3) is 4.83. The number of hydrogen-bond acceptors (Lipinski definition) is 5. The summed E-state index contributed by atoms with van der Waals surface area (Å²) in [6.45, 7) is -0.537. The molecule has 0 saturated carbocycles. The van der Waals surface area contributed by atoms with Crippen molar-refractivity contribution in [2.45, 2.75) is 4.90 Å². The van der Waals surface area contributed by atoms with Crippen LogP contribution in [0, 0.1) is 17.1 Å². The van der Waals surface area contributed by atoms with E-state index in [-0.39, 0.29) is 11.3 Å². The van der Waals surface area contributed by atoms with Crippen molar-refractivity contribution in [2.24, 2.45) is 0 Å². The van der Waals surface area contributed by atoms with Gasteiger partial charge in [0.1, 0.15) is 5.82 Å². The van der Waals surface area contributed by atoms with Gasteiger partial charge in [0.25, 0.3) is 5.91 Å². The molecule has 0 heterocycles. The molecular weight excluding hydrogens is 331 g/mol. The molecule has 0 unspecified atom stereocenters. The predicted octanol–water partition coefficient (Wildman–Crippen LogP) is 3.24. The van der Waals surface area contributed by atoms with Crippen LogP contribution in [0.5, 0.6) is 0 Å². The standard InChI is InChI=1S/C17H13FN2O3S/c18-13-6-2-1-5-12(13)17(22)23-11-16(21)20-14-7-3-4-8-15(14)24-10-9-19/h1-8H,10-11H2,(H,20,21). The van der Waals surface area contributed by atoms with E-state index in [1.54, 1.807) is 24.3 Å². The van der Waals surface area contributed by atoms with Crippen LogP contribution < -0.4 is 5.32 Å². The quantitative estimate of drug-likeness (QED) is 0.643. The maximum absolute atomic E-state index is 13.5. The Labute approximate surface area is 142 Å². The molecule has 0 bridgehead atoms. The lowest BCUT2D eigenvalue weighted by Gasteiger charge is -2.10. The van der Waals surface area contributed by atoms with Crippen LogP contribution in [0.3, 0.4) is 0 Å². The molecule has 2 aromatic carbocycles. The monoisotopic (exact) mass is 344 g/mol. The molecule has 0 saturated heterocycles. The predicted molar refractivity (Wildman–Crippen MR) is 88.1 cm³/mol. The third-order valence-electron chi connectivity index (χ3n) is 2.88. The summed E-state index contributed by atoms with van der Waals surface area (Å²) >= 11 is 1.28. The number of ether oxygens (including phenoxy) is 1. The van der Waals surface area contributed by atoms with Gasteiger partial charge in [-0.3, -0.25) is 4.79 Å². The number of nitriles is 1. The van der Waals surface area contributed by atoms with Crippen molar-refractivity contribution >= 4 is 29.3 Å². The molecule has 0 aliphatic heterocycles. The Balaban J connectivity index is 1.94. The Morgan fingerprint density at radius 2 is 1.88 bits per heavy atom. The van der Waals surface area contributed by atoms with Crippen LogP contribution in [-0.4, -0.2) is 24.2 Å². The number of halogens is 1. The molecular formula is C17H13FN2O3S. The molecule has 0 aromatic heterocycles. The largest absolute Gasteiger partial charge is 0.452 e. The number of carbonyl (C=O) groups is 2. The number of hydrogen-bond donors (Lipinski definition) is 1. The van der Waals surface area contributed by atoms with E-state index < -0.39 is 24.3 Å². The highest BCUT2D eigenvalue weighted by Crippen LogP contribution is 2.26. The van der Waals surface area contributed by atoms with E-state index in [0.717, 1.165) is 11.0 Å². The molecule has 0 aliphatic rings. The molecule has 2 aromatic rings. The first-order valence-electron chi connectivity index (χ1n) is 6.92. The van der Waals surface area contributed by atoms with Crippen molar-refractivity contribution in [1.29, 1.82) is 5.26 Å². The number of esters is 1. The highest BCUT2D eigenvalue weighted by Gasteiger charge is 2.14. The number of nitrogens with zero attached hydrogens (tertiary/aromatic N) is 1. The fourth-order valence-corrected chi connectivity index (χ4v) is 2.50. The average molecular weight is 344 g/mol. The molecule has 0 aliphatic carbocycles. The van der Waals surface area contributed by atoms with Gasteiger partial charge in [0.2, 0.25) is 0 Å². The summed E-state index contributed by atoms with van der Waals surface area (Å²) in [5.74, 6) is -1.92. The second kappa shape index (κ2) is 8.70. The molecule has 0 fully saturated rings. The molecule has 2 rings (SSSR count). The number of benzene rings is 2. The summed E-state index contributed by atoms with van der Waals surface area (Å²) in [6, 6.07) is 14.3. The number of nitrogens with one attached hydrogen (secondary N) is 1. The Morgan fingerprint density at radius 1 is 1.17 bits per heavy atom. The van der Waals surface area contributed by atoms with E-state index in [4.69, 9.17) is 10.00 Å². The van der Waals surface area contributed by atoms with Crippen LogP contribution in [0.25, 0.3) is 0 Å². The number of carbonyl (C=O) groups excluding carboxylic acids is 2. The molecule has 24 heavy (non-hydrogen) atoms. The minimum Gasteiger partial charge on any atom is -0.452 e. The van der Waals surface area contributed by atoms with E-state index in [1.165, 1.54) is 30.0 Å². The van der Waals surface area contributed by atoms with Gasteiger partial charge in [-0.2, -0.15) is 5.26 Å². The first-order valence-corrected chi connectivity index (χ1v) is 7.90. The topological polar surface area (TPSA) is 79.2 Å². The summed E-state index contributed by atoms with van der Waals surface area (Å²) in [4.78, 5) is 24.4. The highest BCUT2D eigenvalue weighted by atomic mass is 32.2. The number of thioether (sulfide) groups is 1. The Hall–Kier alpha value is -2.85. The lowest BCUT2D eigenvalue weighted by Crippen LogP contribution is -2.21. The molecule has 0 atom stereocenters. The summed E-state index contributed by atoms with van der Waals surface area (Å²) in [5, 5.41) is 11.2. The van der Waals surface area contributed by atoms with E-state index in [1.807, 2.05) is 6.07 Å². The summed E-state index contributed by atoms with van der Waals surface area (Å²) in [7, 11) is 0. The van der Waals surface area contributed by atoms with Crippen molar-refractivity contribution in [2.75, 3.05) is 17.7 Å². The minimum absolute atomic E-state index is 0.227. The molecule has 0 spiro atoms. The van der Waals surface area contributed by atoms with Crippen molar-refractivity contribution in [3.63, 3.8) is 0 Å². The molecule has 122 valence electrons. The second-order valence-corrected chi connectivity index (χ2v) is 5.56. The number of rotatable bonds is 6. The number of para-hydroxylation sites is 1. The van der Waals surface area contributed by atoms with E-state index in [0.29, 0.717) is 5.69 Å². The zero-order valence-electron chi connectivity index (χ0n) is 12.5. The fourth-order valence-electron chi connectivity index (χ4n) is 1.83. The number of amides is 1. The van der Waals surface area contributed by atoms with Gasteiger partial charge >= 0.3 is 5.97 Å². The highest BCUT2D eigenvalue weighted by molar-refractivity contribution is 7.99. The average Bonchev–Trinajstić information content (AvgIpc) is 2.59. The second-order valence-electron chi connectivity index (χ2n) is 4.55. The summed E-state index contributed by atoms with van der Waals surface area (Å²) in [6.07, 6.45) is 0. The van der Waals surface area contributed by atoms with Gasteiger partial charge in [-0.1, -0.05) is 24.3 Å². The van der Waals surface area contributed by atoms with Crippen LogP contribution in [0.1, 0.15) is 10.4 Å². The smallest absolute Gasteiger partial charge is 0.341 e. The van der Waals surface area contributed by atoms with Crippen LogP contribution >= 0.6 is 11.8 Å². The first kappa shape index (κ1) is 17.5. The zero-order chi connectivity index (χ0) is 17.4. The maximum Gasteiger partial charge on any atom is 0.341 e. The van der Waals surface area contributed by atoms with Gasteiger partial charge in [-0.15, -0.1) is 11.8 Å². The van der Waals surface area contributed by atoms with Crippen molar-refractivity contribution in [3.05, 3.63) is 59.9 Å². The molecule has 1 N–H and O–H groups in total. The minimum atomic E-state index is -0.907. The lowest BCUT2D eigenvalue weighted by atomic mass is 10.2. The van der Waals surface area contributed by atoms with Crippen LogP contribution in [0.15, 0.2) is 53.4 Å². The lowest BCUT2D eigenvalue weighted by molar-refractivity contribution is -0.119. The molecule has 0 radical (unpaired) electrons. The Kier molecular flexibility index (Phi) is 6.34. The Morgan fingerprint density at radius 3 is 2.62 bits per heavy atom. The summed E-state index contributed by atoms with van der Waals surface area (Å²) in [5.41, 5.74) is 0.292. The first-order chi connectivity index (χ1) is 11.6. The normalized spacial score (nSPS) is 9.83. The van der Waals surface area contributed by atoms with Gasteiger partial charge in [-0.25, -0.2) is 9.18 Å². The zero-order valence-corrected chi connectivity index (χ0v) is 13.3. The van der Waals surface area contributed by atoms with Crippen LogP contribution in [0.4, 0.5) is 10.1 Å². The van der Waals surface area contributed by atoms with Gasteiger partial charge in [-0.05, 0) is 24.3 Å². The van der Waals surface area contributed by atoms with Crippen LogP contribution in [0.2, 0.25) is 0 Å². The van der Waals surface area contributed by atoms with E-state index in [9.17, 15) is 14.0 Å².